The largest absolute Gasteiger partial charge is 0.507 e. The van der Waals surface area contributed by atoms with E-state index in [-0.39, 0.29) is 41.5 Å². The van der Waals surface area contributed by atoms with Gasteiger partial charge in [-0.25, -0.2) is 4.39 Å². The second-order valence-electron chi connectivity index (χ2n) is 7.64. The number of carbonyl (C=O) groups is 1. The highest BCUT2D eigenvalue weighted by atomic mass is 35.5. The number of benzene rings is 2. The summed E-state index contributed by atoms with van der Waals surface area (Å²) >= 11 is 0. The maximum Gasteiger partial charge on any atom is 0.416 e. The van der Waals surface area contributed by atoms with Crippen LogP contribution < -0.4 is 0 Å². The summed E-state index contributed by atoms with van der Waals surface area (Å²) in [6, 6.07) is 8.07. The lowest BCUT2D eigenvalue weighted by Crippen LogP contribution is -2.43. The summed E-state index contributed by atoms with van der Waals surface area (Å²) in [5, 5.41) is 20.5. The number of phenolic OH excluding ortho intramolecular Hbond substituents is 1. The fourth-order valence-corrected chi connectivity index (χ4v) is 3.76. The molecule has 0 aromatic heterocycles. The minimum Gasteiger partial charge on any atom is -0.507 e. The Hall–Kier alpha value is -2.16. The molecule has 2 N–H and O–H groups in total. The van der Waals surface area contributed by atoms with Crippen LogP contribution in [-0.4, -0.2) is 40.5 Å². The Balaban J connectivity index is 0.00000341. The highest BCUT2D eigenvalue weighted by Crippen LogP contribution is 2.36. The number of Topliss-reactive ketones (excluding diaryl/α,β-unsaturated/α-hetero) is 1. The number of ketones is 1. The topological polar surface area (TPSA) is 60.8 Å². The zero-order chi connectivity index (χ0) is 21.9. The van der Waals surface area contributed by atoms with E-state index in [0.29, 0.717) is 38.9 Å². The molecule has 0 bridgehead atoms. The van der Waals surface area contributed by atoms with Gasteiger partial charge in [0.05, 0.1) is 16.7 Å². The van der Waals surface area contributed by atoms with Crippen LogP contribution in [0.4, 0.5) is 17.6 Å². The Morgan fingerprint density at radius 3 is 2.39 bits per heavy atom. The smallest absolute Gasteiger partial charge is 0.416 e. The Bertz CT molecular complexity index is 912. The molecule has 31 heavy (non-hydrogen) atoms. The van der Waals surface area contributed by atoms with Gasteiger partial charge in [-0.15, -0.1) is 12.4 Å². The van der Waals surface area contributed by atoms with Gasteiger partial charge in [-0.2, -0.15) is 13.2 Å². The minimum absolute atomic E-state index is 0. The normalized spacial score (nSPS) is 16.5. The first kappa shape index (κ1) is 25.1. The predicted molar refractivity (Wildman–Crippen MR) is 110 cm³/mol. The molecular formula is C22H24ClF4NO3. The average Bonchev–Trinajstić information content (AvgIpc) is 2.69. The number of alkyl halides is 3. The monoisotopic (exact) mass is 461 g/mol. The summed E-state index contributed by atoms with van der Waals surface area (Å²) in [7, 11) is 0. The van der Waals surface area contributed by atoms with Crippen LogP contribution in [0.15, 0.2) is 42.5 Å². The van der Waals surface area contributed by atoms with Crippen molar-refractivity contribution in [2.45, 2.75) is 37.5 Å². The molecular weight excluding hydrogens is 438 g/mol. The molecule has 1 aliphatic rings. The van der Waals surface area contributed by atoms with Gasteiger partial charge in [0, 0.05) is 25.6 Å². The van der Waals surface area contributed by atoms with Crippen LogP contribution in [0.3, 0.4) is 0 Å². The number of aliphatic hydroxyl groups is 1. The van der Waals surface area contributed by atoms with Gasteiger partial charge in [0.15, 0.2) is 5.78 Å². The van der Waals surface area contributed by atoms with Gasteiger partial charge in [-0.3, -0.25) is 4.79 Å². The molecule has 1 aliphatic heterocycles. The van der Waals surface area contributed by atoms with Gasteiger partial charge in [0.25, 0.3) is 0 Å². The quantitative estimate of drug-likeness (QED) is 0.473. The Kier molecular flexibility index (Phi) is 8.08. The van der Waals surface area contributed by atoms with Crippen molar-refractivity contribution >= 4 is 18.2 Å². The number of likely N-dealkylation sites (tertiary alicyclic amines) is 1. The highest BCUT2D eigenvalue weighted by molar-refractivity contribution is 5.98. The molecule has 0 unspecified atom stereocenters. The highest BCUT2D eigenvalue weighted by Gasteiger charge is 2.36. The van der Waals surface area contributed by atoms with Crippen LogP contribution in [0, 0.1) is 5.82 Å². The average molecular weight is 462 g/mol. The molecule has 2 aromatic carbocycles. The predicted octanol–water partition coefficient (Wildman–Crippen LogP) is 4.92. The van der Waals surface area contributed by atoms with Crippen molar-refractivity contribution in [2.75, 3.05) is 19.6 Å². The van der Waals surface area contributed by atoms with E-state index in [2.05, 4.69) is 0 Å². The number of phenols is 1. The molecule has 3 rings (SSSR count). The second kappa shape index (κ2) is 9.97. The molecule has 0 aliphatic carbocycles. The molecule has 1 saturated heterocycles. The summed E-state index contributed by atoms with van der Waals surface area (Å²) in [6.45, 7) is 1.55. The van der Waals surface area contributed by atoms with Crippen molar-refractivity contribution in [1.82, 2.24) is 4.90 Å². The van der Waals surface area contributed by atoms with E-state index in [4.69, 9.17) is 0 Å². The van der Waals surface area contributed by atoms with Crippen LogP contribution in [0.5, 0.6) is 5.75 Å². The first-order valence-electron chi connectivity index (χ1n) is 9.73. The SMILES string of the molecule is Cl.O=C(CCCN1CCC(O)(c2cccc(C(F)(F)F)c2)CC1)c1ccc(F)cc1O. The van der Waals surface area contributed by atoms with Gasteiger partial charge in [-0.1, -0.05) is 12.1 Å². The fraction of sp³-hybridized carbons (Fsp3) is 0.409. The van der Waals surface area contributed by atoms with Crippen LogP contribution >= 0.6 is 12.4 Å². The molecule has 0 radical (unpaired) electrons. The van der Waals surface area contributed by atoms with Gasteiger partial charge in [0.2, 0.25) is 0 Å². The van der Waals surface area contributed by atoms with Crippen LogP contribution in [-0.2, 0) is 11.8 Å². The van der Waals surface area contributed by atoms with Crippen LogP contribution in [0.25, 0.3) is 0 Å². The van der Waals surface area contributed by atoms with E-state index in [1.165, 1.54) is 18.2 Å². The number of rotatable bonds is 6. The lowest BCUT2D eigenvalue weighted by molar-refractivity contribution is -0.137. The third-order valence-electron chi connectivity index (χ3n) is 5.55. The maximum atomic E-state index is 13.0. The van der Waals surface area contributed by atoms with E-state index in [1.807, 2.05) is 4.90 Å². The fourth-order valence-electron chi connectivity index (χ4n) is 3.76. The number of hydrogen-bond acceptors (Lipinski definition) is 4. The third kappa shape index (κ3) is 6.18. The molecule has 0 atom stereocenters. The second-order valence-corrected chi connectivity index (χ2v) is 7.64. The minimum atomic E-state index is -4.46. The Morgan fingerprint density at radius 1 is 1.10 bits per heavy atom. The number of carbonyl (C=O) groups excluding carboxylic acids is 1. The van der Waals surface area contributed by atoms with Crippen molar-refractivity contribution in [2.24, 2.45) is 0 Å². The summed E-state index contributed by atoms with van der Waals surface area (Å²) in [6.07, 6.45) is -3.19. The van der Waals surface area contributed by atoms with E-state index < -0.39 is 23.2 Å². The zero-order valence-corrected chi connectivity index (χ0v) is 17.5. The summed E-state index contributed by atoms with van der Waals surface area (Å²) in [5.41, 5.74) is -1.75. The van der Waals surface area contributed by atoms with Crippen molar-refractivity contribution in [3.63, 3.8) is 0 Å². The Labute approximate surface area is 183 Å². The van der Waals surface area contributed by atoms with Gasteiger partial charge in [-0.05, 0) is 55.6 Å². The van der Waals surface area contributed by atoms with E-state index >= 15 is 0 Å². The van der Waals surface area contributed by atoms with Gasteiger partial charge >= 0.3 is 6.18 Å². The molecule has 9 heteroatoms. The first-order chi connectivity index (χ1) is 14.1. The maximum absolute atomic E-state index is 13.0. The molecule has 2 aromatic rings. The molecule has 4 nitrogen and oxygen atoms in total. The van der Waals surface area contributed by atoms with E-state index in [0.717, 1.165) is 24.3 Å². The number of halogens is 5. The Morgan fingerprint density at radius 2 is 1.77 bits per heavy atom. The first-order valence-corrected chi connectivity index (χ1v) is 9.73. The van der Waals surface area contributed by atoms with Gasteiger partial charge < -0.3 is 15.1 Å². The summed E-state index contributed by atoms with van der Waals surface area (Å²) < 4.78 is 51.8. The lowest BCUT2D eigenvalue weighted by Gasteiger charge is -2.38. The molecule has 1 fully saturated rings. The van der Waals surface area contributed by atoms with Crippen LogP contribution in [0.2, 0.25) is 0 Å². The van der Waals surface area contributed by atoms with E-state index in [1.54, 1.807) is 0 Å². The van der Waals surface area contributed by atoms with Crippen molar-refractivity contribution in [1.29, 1.82) is 0 Å². The van der Waals surface area contributed by atoms with Crippen molar-refractivity contribution in [3.05, 3.63) is 65.0 Å². The standard InChI is InChI=1S/C22H23F4NO3.ClH/c23-17-6-7-18(20(29)14-17)19(28)5-2-10-27-11-8-21(30,9-12-27)15-3-1-4-16(13-15)22(24,25)26;/h1,3-4,6-7,13-14,29-30H,2,5,8-12H2;1H. The van der Waals surface area contributed by atoms with Crippen molar-refractivity contribution < 1.29 is 32.6 Å². The van der Waals surface area contributed by atoms with Crippen LogP contribution in [0.1, 0.15) is 47.2 Å². The van der Waals surface area contributed by atoms with Gasteiger partial charge in [0.1, 0.15) is 11.6 Å². The molecule has 0 spiro atoms. The summed E-state index contributed by atoms with van der Waals surface area (Å²) in [5.74, 6) is -1.29. The molecule has 0 amide bonds. The van der Waals surface area contributed by atoms with Crippen molar-refractivity contribution in [3.8, 4) is 5.75 Å². The molecule has 1 heterocycles. The lowest BCUT2D eigenvalue weighted by atomic mass is 9.83. The number of nitrogens with zero attached hydrogens (tertiary/aromatic N) is 1. The van der Waals surface area contributed by atoms with E-state index in [9.17, 15) is 32.6 Å². The summed E-state index contributed by atoms with van der Waals surface area (Å²) in [4.78, 5) is 14.2. The molecule has 0 saturated carbocycles. The number of hydrogen-bond donors (Lipinski definition) is 2. The zero-order valence-electron chi connectivity index (χ0n) is 16.7. The number of aromatic hydroxyl groups is 1. The molecule has 170 valence electrons. The number of piperidine rings is 1. The third-order valence-corrected chi connectivity index (χ3v) is 5.55.